The quantitative estimate of drug-likeness (QED) is 0.285. The third-order valence-corrected chi connectivity index (χ3v) is 6.65. The average molecular weight is 625 g/mol. The Kier molecular flexibility index (Phi) is 11.8. The number of benzene rings is 2. The molecule has 2 aromatic carbocycles. The van der Waals surface area contributed by atoms with Gasteiger partial charge in [-0.05, 0) is 56.9 Å². The molecule has 0 bridgehead atoms. The van der Waals surface area contributed by atoms with Crippen LogP contribution in [0.5, 0.6) is 0 Å². The van der Waals surface area contributed by atoms with Gasteiger partial charge < -0.3 is 14.7 Å². The topological polar surface area (TPSA) is 87.2 Å². The molecule has 1 aliphatic rings. The van der Waals surface area contributed by atoms with Gasteiger partial charge >= 0.3 is 24.3 Å². The molecule has 232 valence electrons. The first-order valence-electron chi connectivity index (χ1n) is 12.8. The number of nitrogens with zero attached hydrogens (tertiary/aromatic N) is 2. The summed E-state index contributed by atoms with van der Waals surface area (Å²) in [7, 11) is 0. The standard InChI is InChI=1S/C28H30F6N2O5.ClH/c1-17(2)41-25(39)16-35(15-24(37)38)22-8-9-36(23(14-22)10-18-6-4-3-5-7-18)26(40)19-11-20(27(29,30)31)13-21(12-19)28(32,33)34;/h3-7,11-13,17,22-23H,8-10,14-16H2,1-2H3,(H,37,38);1H. The molecule has 1 amide bonds. The molecule has 2 unspecified atom stereocenters. The highest BCUT2D eigenvalue weighted by Crippen LogP contribution is 2.37. The van der Waals surface area contributed by atoms with Gasteiger partial charge in [-0.1, -0.05) is 30.3 Å². The van der Waals surface area contributed by atoms with Crippen molar-refractivity contribution in [2.45, 2.75) is 63.7 Å². The first kappa shape index (κ1) is 34.9. The molecule has 1 heterocycles. The number of alkyl halides is 6. The lowest BCUT2D eigenvalue weighted by Gasteiger charge is -2.43. The molecule has 0 radical (unpaired) electrons. The lowest BCUT2D eigenvalue weighted by molar-refractivity contribution is -0.151. The van der Waals surface area contributed by atoms with Crippen molar-refractivity contribution < 1.29 is 50.6 Å². The number of amides is 1. The maximum Gasteiger partial charge on any atom is 0.416 e. The molecule has 1 N–H and O–H groups in total. The fourth-order valence-corrected chi connectivity index (χ4v) is 4.91. The predicted octanol–water partition coefficient (Wildman–Crippen LogP) is 5.70. The molecule has 1 aliphatic heterocycles. The maximum absolute atomic E-state index is 13.5. The number of ether oxygens (including phenoxy) is 1. The van der Waals surface area contributed by atoms with E-state index in [-0.39, 0.29) is 50.8 Å². The van der Waals surface area contributed by atoms with Gasteiger partial charge in [0.2, 0.25) is 0 Å². The predicted molar refractivity (Wildman–Crippen MR) is 142 cm³/mol. The highest BCUT2D eigenvalue weighted by Gasteiger charge is 2.40. The number of likely N-dealkylation sites (tertiary alicyclic amines) is 1. The Morgan fingerprint density at radius 3 is 2.05 bits per heavy atom. The third-order valence-electron chi connectivity index (χ3n) is 6.65. The number of piperidine rings is 1. The van der Waals surface area contributed by atoms with Crippen LogP contribution in [0, 0.1) is 0 Å². The van der Waals surface area contributed by atoms with Gasteiger partial charge in [0.1, 0.15) is 0 Å². The molecule has 42 heavy (non-hydrogen) atoms. The zero-order valence-electron chi connectivity index (χ0n) is 22.7. The molecule has 14 heteroatoms. The van der Waals surface area contributed by atoms with Gasteiger partial charge in [-0.2, -0.15) is 26.3 Å². The van der Waals surface area contributed by atoms with E-state index in [1.54, 1.807) is 44.2 Å². The van der Waals surface area contributed by atoms with Crippen molar-refractivity contribution >= 4 is 30.3 Å². The van der Waals surface area contributed by atoms with Gasteiger partial charge in [-0.25, -0.2) is 0 Å². The molecule has 1 fully saturated rings. The van der Waals surface area contributed by atoms with Crippen molar-refractivity contribution in [3.63, 3.8) is 0 Å². The zero-order valence-corrected chi connectivity index (χ0v) is 23.6. The minimum atomic E-state index is -5.12. The second-order valence-electron chi connectivity index (χ2n) is 10.2. The van der Waals surface area contributed by atoms with E-state index in [1.165, 1.54) is 9.80 Å². The third kappa shape index (κ3) is 9.62. The summed E-state index contributed by atoms with van der Waals surface area (Å²) < 4.78 is 85.8. The number of hydrogen-bond donors (Lipinski definition) is 1. The normalized spacial score (nSPS) is 17.6. The van der Waals surface area contributed by atoms with E-state index in [2.05, 4.69) is 0 Å². The van der Waals surface area contributed by atoms with E-state index < -0.39 is 71.6 Å². The highest BCUT2D eigenvalue weighted by atomic mass is 35.5. The first-order valence-corrected chi connectivity index (χ1v) is 12.8. The molecule has 0 saturated carbocycles. The molecule has 3 rings (SSSR count). The summed E-state index contributed by atoms with van der Waals surface area (Å²) in [6.45, 7) is 2.33. The fourth-order valence-electron chi connectivity index (χ4n) is 4.91. The molecule has 0 aromatic heterocycles. The number of halogens is 7. The minimum absolute atomic E-state index is 0. The van der Waals surface area contributed by atoms with Gasteiger partial charge in [0.15, 0.2) is 0 Å². The Morgan fingerprint density at radius 1 is 0.976 bits per heavy atom. The van der Waals surface area contributed by atoms with Gasteiger partial charge in [0.05, 0.1) is 30.3 Å². The lowest BCUT2D eigenvalue weighted by Crippen LogP contribution is -2.54. The summed E-state index contributed by atoms with van der Waals surface area (Å²) in [6, 6.07) is 8.27. The molecular weight excluding hydrogens is 594 g/mol. The van der Waals surface area contributed by atoms with E-state index in [0.29, 0.717) is 12.1 Å². The lowest BCUT2D eigenvalue weighted by atomic mass is 9.90. The van der Waals surface area contributed by atoms with Crippen LogP contribution in [-0.2, 0) is 33.1 Å². The molecule has 2 atom stereocenters. The monoisotopic (exact) mass is 624 g/mol. The first-order chi connectivity index (χ1) is 19.0. The minimum Gasteiger partial charge on any atom is -0.480 e. The van der Waals surface area contributed by atoms with Crippen LogP contribution >= 0.6 is 12.4 Å². The van der Waals surface area contributed by atoms with Crippen molar-refractivity contribution in [2.75, 3.05) is 19.6 Å². The number of carbonyl (C=O) groups is 3. The molecule has 2 aromatic rings. The van der Waals surface area contributed by atoms with Crippen LogP contribution in [0.25, 0.3) is 0 Å². The summed E-state index contributed by atoms with van der Waals surface area (Å²) in [6.07, 6.45) is -10.2. The van der Waals surface area contributed by atoms with Gasteiger partial charge in [-0.15, -0.1) is 12.4 Å². The van der Waals surface area contributed by atoms with E-state index in [4.69, 9.17) is 4.74 Å². The maximum atomic E-state index is 13.5. The van der Waals surface area contributed by atoms with Crippen molar-refractivity contribution in [3.05, 3.63) is 70.8 Å². The zero-order chi connectivity index (χ0) is 30.5. The van der Waals surface area contributed by atoms with Crippen LogP contribution in [0.3, 0.4) is 0 Å². The Hall–Kier alpha value is -3.32. The largest absolute Gasteiger partial charge is 0.480 e. The van der Waals surface area contributed by atoms with Crippen LogP contribution in [-0.4, -0.2) is 70.6 Å². The van der Waals surface area contributed by atoms with Crippen molar-refractivity contribution in [1.29, 1.82) is 0 Å². The fraction of sp³-hybridized carbons (Fsp3) is 0.464. The number of esters is 1. The Bertz CT molecular complexity index is 1210. The number of carboxylic acids is 1. The summed E-state index contributed by atoms with van der Waals surface area (Å²) >= 11 is 0. The highest BCUT2D eigenvalue weighted by molar-refractivity contribution is 5.95. The van der Waals surface area contributed by atoms with Crippen LogP contribution in [0.15, 0.2) is 48.5 Å². The van der Waals surface area contributed by atoms with E-state index in [9.17, 15) is 45.8 Å². The summed E-state index contributed by atoms with van der Waals surface area (Å²) in [5, 5.41) is 9.44. The van der Waals surface area contributed by atoms with Gasteiger partial charge in [-0.3, -0.25) is 19.3 Å². The van der Waals surface area contributed by atoms with Crippen LogP contribution < -0.4 is 0 Å². The molecule has 1 saturated heterocycles. The van der Waals surface area contributed by atoms with Crippen molar-refractivity contribution in [1.82, 2.24) is 9.80 Å². The van der Waals surface area contributed by atoms with Crippen LogP contribution in [0.2, 0.25) is 0 Å². The Morgan fingerprint density at radius 2 is 1.55 bits per heavy atom. The number of hydrogen-bond acceptors (Lipinski definition) is 5. The number of carboxylic acid groups (broad SMARTS) is 1. The Balaban J connectivity index is 0.00000616. The molecule has 0 spiro atoms. The Labute approximate surface area is 244 Å². The van der Waals surface area contributed by atoms with Crippen LogP contribution in [0.4, 0.5) is 26.3 Å². The number of rotatable bonds is 9. The molecule has 7 nitrogen and oxygen atoms in total. The van der Waals surface area contributed by atoms with E-state index in [0.717, 1.165) is 5.56 Å². The summed E-state index contributed by atoms with van der Waals surface area (Å²) in [5.41, 5.74) is -3.20. The molecular formula is C28H31ClF6N2O5. The van der Waals surface area contributed by atoms with Crippen molar-refractivity contribution in [2.24, 2.45) is 0 Å². The number of aliphatic carboxylic acids is 1. The van der Waals surface area contributed by atoms with E-state index >= 15 is 0 Å². The SMILES string of the molecule is CC(C)OC(=O)CN(CC(=O)O)C1CCN(C(=O)c2cc(C(F)(F)F)cc(C(F)(F)F)c2)C(Cc2ccccc2)C1.Cl. The van der Waals surface area contributed by atoms with E-state index in [1.807, 2.05) is 0 Å². The smallest absolute Gasteiger partial charge is 0.416 e. The van der Waals surface area contributed by atoms with Gasteiger partial charge in [0, 0.05) is 24.2 Å². The van der Waals surface area contributed by atoms with Gasteiger partial charge in [0.25, 0.3) is 5.91 Å². The van der Waals surface area contributed by atoms with Crippen LogP contribution in [0.1, 0.15) is 53.7 Å². The second kappa shape index (κ2) is 14.2. The molecule has 0 aliphatic carbocycles. The summed E-state index contributed by atoms with van der Waals surface area (Å²) in [5.74, 6) is -2.86. The second-order valence-corrected chi connectivity index (χ2v) is 10.2. The summed E-state index contributed by atoms with van der Waals surface area (Å²) in [4.78, 5) is 40.1. The number of carbonyl (C=O) groups excluding carboxylic acids is 2. The van der Waals surface area contributed by atoms with Crippen molar-refractivity contribution in [3.8, 4) is 0 Å². The average Bonchev–Trinajstić information content (AvgIpc) is 2.86.